The third kappa shape index (κ3) is 8.90. The molecule has 0 amide bonds. The third-order valence-electron chi connectivity index (χ3n) is 6.71. The minimum absolute atomic E-state index is 0.0926. The molecule has 0 fully saturated rings. The second-order valence-electron chi connectivity index (χ2n) is 10.2. The molecule has 1 aromatic rings. The minimum atomic E-state index is -4.58. The van der Waals surface area contributed by atoms with Gasteiger partial charge in [0, 0.05) is 47.6 Å². The van der Waals surface area contributed by atoms with Crippen LogP contribution in [-0.2, 0) is 20.9 Å². The van der Waals surface area contributed by atoms with Crippen molar-refractivity contribution in [3.05, 3.63) is 45.5 Å². The third-order valence-corrected chi connectivity index (χ3v) is 7.60. The van der Waals surface area contributed by atoms with Crippen molar-refractivity contribution in [1.82, 2.24) is 4.98 Å². The number of nitrogens with two attached hydrogens (primary N) is 1. The van der Waals surface area contributed by atoms with Gasteiger partial charge in [0.2, 0.25) is 0 Å². The van der Waals surface area contributed by atoms with Gasteiger partial charge in [-0.05, 0) is 31.4 Å². The normalized spacial score (nSPS) is 29.4. The van der Waals surface area contributed by atoms with Gasteiger partial charge in [0.1, 0.15) is 16.9 Å². The standard InChI is InChI=1S/C27H37F3N2O4S/c1-16-7-6-8-19(27(28,29)30)9-10-21(17(2)13-20-15-37-22(14-31)32-20)36-23(33)11-12-26(4,5)25(35)18(3)24(16)34/h6-7,9,13,15-16,18,21,24,34H,8,10-12,14,31H2,1-5H3/b7-6+,17-13+,19-9+. The molecular weight excluding hydrogens is 505 g/mol. The van der Waals surface area contributed by atoms with Gasteiger partial charge >= 0.3 is 12.1 Å². The Labute approximate surface area is 220 Å². The van der Waals surface area contributed by atoms with Gasteiger partial charge in [-0.3, -0.25) is 9.59 Å². The van der Waals surface area contributed by atoms with Crippen molar-refractivity contribution in [3.63, 3.8) is 0 Å². The van der Waals surface area contributed by atoms with Crippen LogP contribution < -0.4 is 5.73 Å². The fourth-order valence-corrected chi connectivity index (χ4v) is 4.84. The lowest BCUT2D eigenvalue weighted by Gasteiger charge is -2.30. The maximum Gasteiger partial charge on any atom is 0.412 e. The molecule has 0 aliphatic carbocycles. The summed E-state index contributed by atoms with van der Waals surface area (Å²) in [6.45, 7) is 8.64. The Morgan fingerprint density at radius 1 is 1.32 bits per heavy atom. The SMILES string of the molecule is C/C(=C\c1csc(CN)n1)C1C/C=C(/C(F)(F)F)C/C=C/C(C)C(O)C(C)C(=O)C(C)(C)CCC(=O)O1. The van der Waals surface area contributed by atoms with E-state index < -0.39 is 53.6 Å². The number of alkyl halides is 3. The van der Waals surface area contributed by atoms with Crippen LogP contribution in [0.15, 0.2) is 34.8 Å². The first-order valence-corrected chi connectivity index (χ1v) is 13.2. The molecule has 1 aromatic heterocycles. The van der Waals surface area contributed by atoms with E-state index in [1.807, 2.05) is 0 Å². The first-order valence-electron chi connectivity index (χ1n) is 12.3. The van der Waals surface area contributed by atoms with Crippen molar-refractivity contribution in [2.24, 2.45) is 23.0 Å². The predicted molar refractivity (Wildman–Crippen MR) is 138 cm³/mol. The Balaban J connectivity index is 2.45. The molecule has 0 spiro atoms. The number of aliphatic hydroxyl groups is 1. The highest BCUT2D eigenvalue weighted by Crippen LogP contribution is 2.33. The maximum absolute atomic E-state index is 13.8. The lowest BCUT2D eigenvalue weighted by atomic mass is 9.75. The number of carbonyl (C=O) groups is 2. The van der Waals surface area contributed by atoms with E-state index in [0.717, 1.165) is 6.08 Å². The number of aromatic nitrogens is 1. The van der Waals surface area contributed by atoms with Crippen LogP contribution in [0.1, 0.15) is 71.0 Å². The second kappa shape index (κ2) is 13.0. The number of aliphatic hydroxyl groups excluding tert-OH is 1. The summed E-state index contributed by atoms with van der Waals surface area (Å²) < 4.78 is 46.9. The van der Waals surface area contributed by atoms with E-state index in [0.29, 0.717) is 16.3 Å². The highest BCUT2D eigenvalue weighted by Gasteiger charge is 2.37. The molecule has 3 N–H and O–H groups in total. The zero-order valence-corrected chi connectivity index (χ0v) is 22.8. The van der Waals surface area contributed by atoms with Gasteiger partial charge in [-0.15, -0.1) is 11.3 Å². The molecule has 0 saturated heterocycles. The Hall–Kier alpha value is -2.30. The Morgan fingerprint density at radius 2 is 2.00 bits per heavy atom. The Morgan fingerprint density at radius 3 is 2.59 bits per heavy atom. The highest BCUT2D eigenvalue weighted by atomic mass is 32.1. The molecule has 4 unspecified atom stereocenters. The Bertz CT molecular complexity index is 1040. The fraction of sp³-hybridized carbons (Fsp3) is 0.593. The molecule has 0 bridgehead atoms. The van der Waals surface area contributed by atoms with Gasteiger partial charge in [0.25, 0.3) is 0 Å². The number of nitrogens with zero attached hydrogens (tertiary/aromatic N) is 1. The van der Waals surface area contributed by atoms with Crippen molar-refractivity contribution in [1.29, 1.82) is 0 Å². The average Bonchev–Trinajstić information content (AvgIpc) is 3.28. The number of halogens is 3. The molecule has 2 heterocycles. The smallest absolute Gasteiger partial charge is 0.412 e. The van der Waals surface area contributed by atoms with Crippen molar-refractivity contribution >= 4 is 29.2 Å². The van der Waals surface area contributed by atoms with E-state index in [1.165, 1.54) is 23.5 Å². The summed E-state index contributed by atoms with van der Waals surface area (Å²) in [6, 6.07) is 0. The number of ether oxygens (including phenoxy) is 1. The van der Waals surface area contributed by atoms with E-state index in [-0.39, 0.29) is 31.6 Å². The van der Waals surface area contributed by atoms with E-state index >= 15 is 0 Å². The Kier molecular flexibility index (Phi) is 10.8. The quantitative estimate of drug-likeness (QED) is 0.372. The van der Waals surface area contributed by atoms with Crippen LogP contribution >= 0.6 is 11.3 Å². The number of hydrogen-bond acceptors (Lipinski definition) is 7. The summed E-state index contributed by atoms with van der Waals surface area (Å²) in [4.78, 5) is 30.2. The largest absolute Gasteiger partial charge is 0.457 e. The number of hydrogen-bond donors (Lipinski definition) is 2. The minimum Gasteiger partial charge on any atom is -0.457 e. The molecule has 1 aliphatic rings. The van der Waals surface area contributed by atoms with Crippen LogP contribution in [0.5, 0.6) is 0 Å². The van der Waals surface area contributed by atoms with Gasteiger partial charge < -0.3 is 15.6 Å². The first kappa shape index (κ1) is 30.9. The summed E-state index contributed by atoms with van der Waals surface area (Å²) in [6.07, 6.45) is -1.51. The molecule has 37 heavy (non-hydrogen) atoms. The van der Waals surface area contributed by atoms with Crippen molar-refractivity contribution in [2.75, 3.05) is 0 Å². The summed E-state index contributed by atoms with van der Waals surface area (Å²) >= 11 is 1.36. The number of thiazole rings is 1. The van der Waals surface area contributed by atoms with Gasteiger partial charge in [0.05, 0.1) is 11.8 Å². The van der Waals surface area contributed by atoms with Gasteiger partial charge in [0.15, 0.2) is 0 Å². The maximum atomic E-state index is 13.8. The summed E-state index contributed by atoms with van der Waals surface area (Å²) in [5.74, 6) is -2.12. The molecule has 0 aromatic carbocycles. The summed E-state index contributed by atoms with van der Waals surface area (Å²) in [7, 11) is 0. The molecule has 10 heteroatoms. The van der Waals surface area contributed by atoms with Crippen LogP contribution in [0.2, 0.25) is 0 Å². The monoisotopic (exact) mass is 542 g/mol. The number of cyclic esters (lactones) is 1. The van der Waals surface area contributed by atoms with E-state index in [1.54, 1.807) is 46.1 Å². The first-order chi connectivity index (χ1) is 17.2. The van der Waals surface area contributed by atoms with Crippen molar-refractivity contribution in [2.45, 2.75) is 85.2 Å². The lowest BCUT2D eigenvalue weighted by Crippen LogP contribution is -2.38. The fourth-order valence-electron chi connectivity index (χ4n) is 4.21. The van der Waals surface area contributed by atoms with Gasteiger partial charge in [-0.2, -0.15) is 13.2 Å². The molecule has 6 nitrogen and oxygen atoms in total. The molecule has 4 atom stereocenters. The number of esters is 1. The molecular formula is C27H37F3N2O4S. The van der Waals surface area contributed by atoms with Gasteiger partial charge in [-0.1, -0.05) is 45.9 Å². The van der Waals surface area contributed by atoms with Crippen LogP contribution in [0.3, 0.4) is 0 Å². The predicted octanol–water partition coefficient (Wildman–Crippen LogP) is 5.76. The lowest BCUT2D eigenvalue weighted by molar-refractivity contribution is -0.148. The van der Waals surface area contributed by atoms with Crippen LogP contribution in [0.25, 0.3) is 6.08 Å². The summed E-state index contributed by atoms with van der Waals surface area (Å²) in [5.41, 5.74) is 5.05. The van der Waals surface area contributed by atoms with Crippen LogP contribution in [0.4, 0.5) is 13.2 Å². The second-order valence-corrected chi connectivity index (χ2v) is 11.2. The molecule has 0 saturated carbocycles. The number of Topliss-reactive ketones (excluding diaryl/α,β-unsaturated/α-hetero) is 1. The number of ketones is 1. The van der Waals surface area contributed by atoms with E-state index in [2.05, 4.69) is 4.98 Å². The summed E-state index contributed by atoms with van der Waals surface area (Å²) in [5, 5.41) is 13.1. The zero-order chi connectivity index (χ0) is 28.0. The zero-order valence-electron chi connectivity index (χ0n) is 22.0. The topological polar surface area (TPSA) is 103 Å². The van der Waals surface area contributed by atoms with Crippen molar-refractivity contribution in [3.8, 4) is 0 Å². The molecule has 2 rings (SSSR count). The average molecular weight is 543 g/mol. The van der Waals surface area contributed by atoms with E-state index in [4.69, 9.17) is 10.5 Å². The molecule has 0 radical (unpaired) electrons. The van der Waals surface area contributed by atoms with Gasteiger partial charge in [-0.25, -0.2) is 4.98 Å². The highest BCUT2D eigenvalue weighted by molar-refractivity contribution is 7.09. The van der Waals surface area contributed by atoms with Crippen LogP contribution in [0, 0.1) is 17.3 Å². The van der Waals surface area contributed by atoms with Crippen molar-refractivity contribution < 1.29 is 32.6 Å². The number of allylic oxidation sites excluding steroid dienone is 2. The van der Waals surface area contributed by atoms with Crippen LogP contribution in [-0.4, -0.2) is 40.2 Å². The number of carbonyl (C=O) groups excluding carboxylic acids is 2. The van der Waals surface area contributed by atoms with E-state index in [9.17, 15) is 27.9 Å². The molecule has 1 aliphatic heterocycles. The number of rotatable bonds is 3. The molecule has 206 valence electrons.